The topological polar surface area (TPSA) is 46.5 Å². The Morgan fingerprint density at radius 1 is 0.917 bits per heavy atom. The lowest BCUT2D eigenvalue weighted by atomic mass is 10.1. The normalized spacial score (nSPS) is 12.0. The van der Waals surface area contributed by atoms with Crippen LogP contribution >= 0.6 is 0 Å². The fourth-order valence-corrected chi connectivity index (χ4v) is 2.87. The van der Waals surface area contributed by atoms with Gasteiger partial charge in [-0.25, -0.2) is 9.67 Å². The van der Waals surface area contributed by atoms with E-state index in [2.05, 4.69) is 50.0 Å². The Morgan fingerprint density at radius 2 is 1.71 bits per heavy atom. The summed E-state index contributed by atoms with van der Waals surface area (Å²) in [5.41, 5.74) is 3.09. The molecule has 0 aliphatic rings. The fourth-order valence-electron chi connectivity index (χ4n) is 2.87. The lowest BCUT2D eigenvalue weighted by Gasteiger charge is -2.21. The molecule has 0 radical (unpaired) electrons. The minimum Gasteiger partial charge on any atom is -0.361 e. The zero-order valence-electron chi connectivity index (χ0n) is 14.1. The summed E-state index contributed by atoms with van der Waals surface area (Å²) in [4.78, 5) is 8.08. The van der Waals surface area contributed by atoms with Gasteiger partial charge in [-0.15, -0.1) is 5.10 Å². The highest BCUT2D eigenvalue weighted by atomic mass is 15.4. The van der Waals surface area contributed by atoms with Crippen molar-refractivity contribution in [3.63, 3.8) is 0 Å². The quantitative estimate of drug-likeness (QED) is 0.574. The van der Waals surface area contributed by atoms with E-state index in [1.165, 1.54) is 5.39 Å². The van der Waals surface area contributed by atoms with E-state index >= 15 is 0 Å². The molecule has 0 bridgehead atoms. The van der Waals surface area contributed by atoms with Gasteiger partial charge >= 0.3 is 0 Å². The van der Waals surface area contributed by atoms with Crippen LogP contribution in [0.25, 0.3) is 33.7 Å². The molecule has 2 heterocycles. The van der Waals surface area contributed by atoms with Crippen molar-refractivity contribution in [2.75, 3.05) is 0 Å². The Morgan fingerprint density at radius 3 is 2.46 bits per heavy atom. The first-order valence-corrected chi connectivity index (χ1v) is 8.13. The van der Waals surface area contributed by atoms with Gasteiger partial charge in [0.2, 0.25) is 0 Å². The van der Waals surface area contributed by atoms with Crippen LogP contribution in [0, 0.1) is 0 Å². The van der Waals surface area contributed by atoms with E-state index in [0.29, 0.717) is 0 Å². The lowest BCUT2D eigenvalue weighted by Crippen LogP contribution is -2.24. The van der Waals surface area contributed by atoms with Gasteiger partial charge in [0.1, 0.15) is 0 Å². The first-order valence-electron chi connectivity index (χ1n) is 8.13. The highest BCUT2D eigenvalue weighted by Gasteiger charge is 2.22. The highest BCUT2D eigenvalue weighted by Crippen LogP contribution is 2.29. The van der Waals surface area contributed by atoms with Crippen molar-refractivity contribution in [2.24, 2.45) is 0 Å². The molecule has 4 nitrogen and oxygen atoms in total. The maximum Gasteiger partial charge on any atom is 0.181 e. The minimum atomic E-state index is -0.150. The number of benzene rings is 2. The van der Waals surface area contributed by atoms with Gasteiger partial charge in [0.25, 0.3) is 0 Å². The predicted molar refractivity (Wildman–Crippen MR) is 97.7 cm³/mol. The van der Waals surface area contributed by atoms with Crippen molar-refractivity contribution in [1.29, 1.82) is 0 Å². The monoisotopic (exact) mass is 316 g/mol. The van der Waals surface area contributed by atoms with Crippen LogP contribution < -0.4 is 0 Å². The standard InChI is InChI=1S/C20H20N4/c1-20(2,3)24-19(16-9-10-17-15(13-16)11-12-21-17)22-18(23-24)14-7-5-4-6-8-14/h4-13,21H,1-3H3. The van der Waals surface area contributed by atoms with Gasteiger partial charge in [-0.2, -0.15) is 0 Å². The molecule has 2 aromatic carbocycles. The number of fused-ring (bicyclic) bond motifs is 1. The summed E-state index contributed by atoms with van der Waals surface area (Å²) in [7, 11) is 0. The second kappa shape index (κ2) is 5.34. The summed E-state index contributed by atoms with van der Waals surface area (Å²) in [6.07, 6.45) is 1.96. The second-order valence-electron chi connectivity index (χ2n) is 6.99. The molecule has 2 aromatic heterocycles. The average Bonchev–Trinajstić information content (AvgIpc) is 3.21. The number of rotatable bonds is 2. The van der Waals surface area contributed by atoms with Crippen LogP contribution in [0.5, 0.6) is 0 Å². The van der Waals surface area contributed by atoms with Gasteiger partial charge in [0.15, 0.2) is 11.6 Å². The number of nitrogens with zero attached hydrogens (tertiary/aromatic N) is 3. The molecule has 0 fully saturated rings. The summed E-state index contributed by atoms with van der Waals surface area (Å²) < 4.78 is 2.02. The second-order valence-corrected chi connectivity index (χ2v) is 6.99. The maximum absolute atomic E-state index is 4.85. The molecular weight excluding hydrogens is 296 g/mol. The molecule has 120 valence electrons. The van der Waals surface area contributed by atoms with E-state index in [1.807, 2.05) is 41.2 Å². The van der Waals surface area contributed by atoms with Crippen molar-refractivity contribution in [3.05, 3.63) is 60.8 Å². The maximum atomic E-state index is 4.85. The van der Waals surface area contributed by atoms with Crippen LogP contribution in [0.3, 0.4) is 0 Å². The van der Waals surface area contributed by atoms with Gasteiger partial charge in [0, 0.05) is 28.2 Å². The van der Waals surface area contributed by atoms with Crippen LogP contribution in [-0.4, -0.2) is 19.7 Å². The first kappa shape index (κ1) is 14.7. The van der Waals surface area contributed by atoms with E-state index in [-0.39, 0.29) is 5.54 Å². The third-order valence-electron chi connectivity index (χ3n) is 4.09. The number of hydrogen-bond acceptors (Lipinski definition) is 2. The van der Waals surface area contributed by atoms with Gasteiger partial charge in [-0.1, -0.05) is 30.3 Å². The molecule has 0 aliphatic carbocycles. The summed E-state index contributed by atoms with van der Waals surface area (Å²) >= 11 is 0. The molecular formula is C20H20N4. The van der Waals surface area contributed by atoms with E-state index in [9.17, 15) is 0 Å². The SMILES string of the molecule is CC(C)(C)n1nc(-c2ccccc2)nc1-c1ccc2[nH]ccc2c1. The molecule has 0 saturated carbocycles. The fraction of sp³-hybridized carbons (Fsp3) is 0.200. The molecule has 0 saturated heterocycles. The summed E-state index contributed by atoms with van der Waals surface area (Å²) in [6.45, 7) is 6.44. The van der Waals surface area contributed by atoms with Crippen LogP contribution in [0.1, 0.15) is 20.8 Å². The Hall–Kier alpha value is -2.88. The molecule has 1 N–H and O–H groups in total. The molecule has 4 aromatic rings. The zero-order valence-corrected chi connectivity index (χ0v) is 14.1. The zero-order chi connectivity index (χ0) is 16.7. The Kier molecular flexibility index (Phi) is 3.27. The number of aromatic amines is 1. The van der Waals surface area contributed by atoms with Crippen molar-refractivity contribution in [3.8, 4) is 22.8 Å². The minimum absolute atomic E-state index is 0.150. The largest absolute Gasteiger partial charge is 0.361 e. The molecule has 0 aliphatic heterocycles. The van der Waals surface area contributed by atoms with Gasteiger partial charge in [0.05, 0.1) is 5.54 Å². The summed E-state index contributed by atoms with van der Waals surface area (Å²) in [5.74, 6) is 1.65. The molecule has 24 heavy (non-hydrogen) atoms. The van der Waals surface area contributed by atoms with Crippen molar-refractivity contribution >= 4 is 10.9 Å². The van der Waals surface area contributed by atoms with Gasteiger partial charge in [-0.05, 0) is 45.0 Å². The molecule has 0 amide bonds. The van der Waals surface area contributed by atoms with Crippen molar-refractivity contribution < 1.29 is 0 Å². The van der Waals surface area contributed by atoms with Crippen LogP contribution in [0.15, 0.2) is 60.8 Å². The Labute approximate surface area is 141 Å². The van der Waals surface area contributed by atoms with Crippen LogP contribution in [0.4, 0.5) is 0 Å². The number of nitrogens with one attached hydrogen (secondary N) is 1. The van der Waals surface area contributed by atoms with Crippen molar-refractivity contribution in [1.82, 2.24) is 19.7 Å². The van der Waals surface area contributed by atoms with Gasteiger partial charge in [-0.3, -0.25) is 0 Å². The highest BCUT2D eigenvalue weighted by molar-refractivity contribution is 5.84. The van der Waals surface area contributed by atoms with E-state index in [4.69, 9.17) is 10.1 Å². The summed E-state index contributed by atoms with van der Waals surface area (Å²) in [5, 5.41) is 5.97. The number of hydrogen-bond donors (Lipinski definition) is 1. The lowest BCUT2D eigenvalue weighted by molar-refractivity contribution is 0.360. The van der Waals surface area contributed by atoms with Gasteiger partial charge < -0.3 is 4.98 Å². The predicted octanol–water partition coefficient (Wildman–Crippen LogP) is 4.85. The van der Waals surface area contributed by atoms with Crippen LogP contribution in [0.2, 0.25) is 0 Å². The Balaban J connectivity index is 1.91. The number of H-pyrrole nitrogens is 1. The molecule has 0 unspecified atom stereocenters. The van der Waals surface area contributed by atoms with E-state index < -0.39 is 0 Å². The van der Waals surface area contributed by atoms with E-state index in [0.717, 1.165) is 28.3 Å². The molecule has 4 rings (SSSR count). The average molecular weight is 316 g/mol. The van der Waals surface area contributed by atoms with E-state index in [1.54, 1.807) is 0 Å². The van der Waals surface area contributed by atoms with Crippen LogP contribution in [-0.2, 0) is 5.54 Å². The first-order chi connectivity index (χ1) is 11.5. The Bertz CT molecular complexity index is 987. The summed E-state index contributed by atoms with van der Waals surface area (Å²) in [6, 6.07) is 18.5. The molecule has 0 atom stereocenters. The third kappa shape index (κ3) is 2.50. The third-order valence-corrected chi connectivity index (χ3v) is 4.09. The number of aromatic nitrogens is 4. The molecule has 4 heteroatoms. The van der Waals surface area contributed by atoms with Crippen molar-refractivity contribution in [2.45, 2.75) is 26.3 Å². The molecule has 0 spiro atoms. The smallest absolute Gasteiger partial charge is 0.181 e.